The Bertz CT molecular complexity index is 360. The van der Waals surface area contributed by atoms with E-state index in [0.29, 0.717) is 5.82 Å². The minimum atomic E-state index is -4.40. The Morgan fingerprint density at radius 3 is 2.75 bits per heavy atom. The highest BCUT2D eigenvalue weighted by molar-refractivity contribution is 5.81. The number of Topliss-reactive ketones (excluding diaryl/α,β-unsaturated/α-hetero) is 1. The number of aryl methyl sites for hydroxylation is 1. The summed E-state index contributed by atoms with van der Waals surface area (Å²) in [5.74, 6) is 0.0687. The van der Waals surface area contributed by atoms with Crippen LogP contribution in [0.5, 0.6) is 0 Å². The molecular weight excluding hydrogens is 225 g/mol. The van der Waals surface area contributed by atoms with Gasteiger partial charge in [-0.2, -0.15) is 13.2 Å². The minimum Gasteiger partial charge on any atom is -0.364 e. The molecule has 0 aliphatic carbocycles. The van der Waals surface area contributed by atoms with Gasteiger partial charge in [-0.15, -0.1) is 0 Å². The third-order valence-corrected chi connectivity index (χ3v) is 1.81. The van der Waals surface area contributed by atoms with Crippen LogP contribution in [0.3, 0.4) is 0 Å². The monoisotopic (exact) mass is 236 g/mol. The Morgan fingerprint density at radius 2 is 2.25 bits per heavy atom. The fourth-order valence-corrected chi connectivity index (χ4v) is 1.07. The van der Waals surface area contributed by atoms with E-state index in [1.54, 1.807) is 17.8 Å². The van der Waals surface area contributed by atoms with Crippen LogP contribution in [0.4, 0.5) is 13.2 Å². The summed E-state index contributed by atoms with van der Waals surface area (Å²) in [6.45, 7) is -1.95. The van der Waals surface area contributed by atoms with Gasteiger partial charge in [0.25, 0.3) is 0 Å². The van der Waals surface area contributed by atoms with Crippen LogP contribution in [0.2, 0.25) is 0 Å². The molecule has 1 rings (SSSR count). The lowest BCUT2D eigenvalue weighted by Gasteiger charge is -2.06. The molecule has 0 radical (unpaired) electrons. The summed E-state index contributed by atoms with van der Waals surface area (Å²) in [4.78, 5) is 15.1. The Balaban J connectivity index is 2.30. The quantitative estimate of drug-likeness (QED) is 0.769. The summed E-state index contributed by atoms with van der Waals surface area (Å²) >= 11 is 0. The maximum absolute atomic E-state index is 11.7. The molecule has 0 fully saturated rings. The van der Waals surface area contributed by atoms with Gasteiger partial charge in [-0.25, -0.2) is 4.98 Å². The molecule has 1 aromatic rings. The van der Waals surface area contributed by atoms with Crippen molar-refractivity contribution in [2.24, 2.45) is 7.05 Å². The number of rotatable bonds is 5. The molecule has 0 aliphatic heterocycles. The van der Waals surface area contributed by atoms with Gasteiger partial charge in [0.1, 0.15) is 19.0 Å². The zero-order chi connectivity index (χ0) is 12.2. The Hall–Kier alpha value is -1.37. The first-order chi connectivity index (χ1) is 7.38. The van der Waals surface area contributed by atoms with E-state index in [1.807, 2.05) is 0 Å². The predicted octanol–water partition coefficient (Wildman–Crippen LogP) is 1.11. The average Bonchev–Trinajstić information content (AvgIpc) is 2.49. The highest BCUT2D eigenvalue weighted by Crippen LogP contribution is 2.14. The number of ketones is 1. The highest BCUT2D eigenvalue weighted by Gasteiger charge is 2.27. The highest BCUT2D eigenvalue weighted by atomic mass is 19.4. The zero-order valence-corrected chi connectivity index (χ0v) is 8.62. The van der Waals surface area contributed by atoms with Gasteiger partial charge in [-0.1, -0.05) is 0 Å². The molecule has 0 N–H and O–H groups in total. The third kappa shape index (κ3) is 4.43. The van der Waals surface area contributed by atoms with Crippen molar-refractivity contribution >= 4 is 5.78 Å². The van der Waals surface area contributed by atoms with Crippen LogP contribution in [-0.2, 0) is 23.0 Å². The largest absolute Gasteiger partial charge is 0.411 e. The molecule has 0 saturated carbocycles. The van der Waals surface area contributed by atoms with E-state index in [2.05, 4.69) is 9.72 Å². The number of imidazole rings is 1. The lowest BCUT2D eigenvalue weighted by atomic mass is 10.3. The minimum absolute atomic E-state index is 0.0264. The molecule has 0 aromatic carbocycles. The molecule has 0 saturated heterocycles. The molecule has 0 spiro atoms. The molecule has 16 heavy (non-hydrogen) atoms. The molecule has 0 aliphatic rings. The van der Waals surface area contributed by atoms with E-state index in [1.165, 1.54) is 6.20 Å². The topological polar surface area (TPSA) is 44.1 Å². The number of nitrogens with zero attached hydrogens (tertiary/aromatic N) is 2. The number of hydrogen-bond donors (Lipinski definition) is 0. The van der Waals surface area contributed by atoms with Crippen molar-refractivity contribution in [3.63, 3.8) is 0 Å². The van der Waals surface area contributed by atoms with E-state index in [0.717, 1.165) is 0 Å². The fourth-order valence-electron chi connectivity index (χ4n) is 1.07. The van der Waals surface area contributed by atoms with Crippen molar-refractivity contribution in [3.8, 4) is 0 Å². The normalized spacial score (nSPS) is 11.8. The maximum Gasteiger partial charge on any atom is 0.411 e. The first-order valence-corrected chi connectivity index (χ1v) is 4.51. The van der Waals surface area contributed by atoms with Crippen LogP contribution < -0.4 is 0 Å². The van der Waals surface area contributed by atoms with E-state index in [-0.39, 0.29) is 6.42 Å². The van der Waals surface area contributed by atoms with Crippen molar-refractivity contribution in [1.29, 1.82) is 0 Å². The second-order valence-corrected chi connectivity index (χ2v) is 3.28. The molecule has 0 amide bonds. The molecule has 90 valence electrons. The van der Waals surface area contributed by atoms with Crippen LogP contribution in [-0.4, -0.2) is 34.7 Å². The van der Waals surface area contributed by atoms with E-state index in [9.17, 15) is 18.0 Å². The summed E-state index contributed by atoms with van der Waals surface area (Å²) in [6.07, 6.45) is -1.26. The third-order valence-electron chi connectivity index (χ3n) is 1.81. The Morgan fingerprint density at radius 1 is 1.56 bits per heavy atom. The van der Waals surface area contributed by atoms with Gasteiger partial charge < -0.3 is 9.30 Å². The first kappa shape index (κ1) is 12.7. The molecule has 0 bridgehead atoms. The zero-order valence-electron chi connectivity index (χ0n) is 8.62. The van der Waals surface area contributed by atoms with Gasteiger partial charge in [-0.3, -0.25) is 4.79 Å². The van der Waals surface area contributed by atoms with Gasteiger partial charge in [0.15, 0.2) is 5.78 Å². The Kier molecular flexibility index (Phi) is 4.05. The summed E-state index contributed by atoms with van der Waals surface area (Å²) in [6, 6.07) is 0. The van der Waals surface area contributed by atoms with Crippen molar-refractivity contribution in [1.82, 2.24) is 9.55 Å². The second-order valence-electron chi connectivity index (χ2n) is 3.28. The Labute approximate surface area is 90.0 Å². The average molecular weight is 236 g/mol. The molecular formula is C9H11F3N2O2. The number of ether oxygens (including phenoxy) is 1. The lowest BCUT2D eigenvalue weighted by molar-refractivity contribution is -0.175. The molecule has 1 heterocycles. The smallest absolute Gasteiger partial charge is 0.364 e. The van der Waals surface area contributed by atoms with E-state index in [4.69, 9.17) is 0 Å². The molecule has 7 heteroatoms. The second kappa shape index (κ2) is 5.11. The van der Waals surface area contributed by atoms with Crippen LogP contribution in [0.15, 0.2) is 12.4 Å². The lowest BCUT2D eigenvalue weighted by Crippen LogP contribution is -2.21. The maximum atomic E-state index is 11.7. The number of alkyl halides is 3. The van der Waals surface area contributed by atoms with Crippen LogP contribution >= 0.6 is 0 Å². The van der Waals surface area contributed by atoms with Crippen molar-refractivity contribution in [3.05, 3.63) is 18.2 Å². The van der Waals surface area contributed by atoms with E-state index >= 15 is 0 Å². The molecule has 0 unspecified atom stereocenters. The molecule has 0 atom stereocenters. The van der Waals surface area contributed by atoms with Crippen molar-refractivity contribution in [2.75, 3.05) is 13.2 Å². The SMILES string of the molecule is Cn1ccnc1CC(=O)COCC(F)(F)F. The molecule has 1 aromatic heterocycles. The number of carbonyl (C=O) groups excluding carboxylic acids is 1. The number of halogens is 3. The fraction of sp³-hybridized carbons (Fsp3) is 0.556. The predicted molar refractivity (Wildman–Crippen MR) is 48.8 cm³/mol. The number of hydrogen-bond acceptors (Lipinski definition) is 3. The van der Waals surface area contributed by atoms with Gasteiger partial charge >= 0.3 is 6.18 Å². The first-order valence-electron chi connectivity index (χ1n) is 4.51. The summed E-state index contributed by atoms with van der Waals surface area (Å²) in [5.41, 5.74) is 0. The van der Waals surface area contributed by atoms with Gasteiger partial charge in [0, 0.05) is 19.4 Å². The summed E-state index contributed by atoms with van der Waals surface area (Å²) < 4.78 is 40.9. The molecule has 4 nitrogen and oxygen atoms in total. The number of carbonyl (C=O) groups is 1. The van der Waals surface area contributed by atoms with Gasteiger partial charge in [0.2, 0.25) is 0 Å². The summed E-state index contributed by atoms with van der Waals surface area (Å²) in [5, 5.41) is 0. The van der Waals surface area contributed by atoms with Crippen LogP contribution in [0.1, 0.15) is 5.82 Å². The van der Waals surface area contributed by atoms with Crippen molar-refractivity contribution < 1.29 is 22.7 Å². The van der Waals surface area contributed by atoms with Crippen molar-refractivity contribution in [2.45, 2.75) is 12.6 Å². The van der Waals surface area contributed by atoms with Crippen LogP contribution in [0, 0.1) is 0 Å². The summed E-state index contributed by atoms with van der Waals surface area (Å²) in [7, 11) is 1.70. The number of aromatic nitrogens is 2. The van der Waals surface area contributed by atoms with Crippen LogP contribution in [0.25, 0.3) is 0 Å². The standard InChI is InChI=1S/C9H11F3N2O2/c1-14-3-2-13-8(14)4-7(15)5-16-6-9(10,11)12/h2-3H,4-6H2,1H3. The van der Waals surface area contributed by atoms with E-state index < -0.39 is 25.2 Å². The van der Waals surface area contributed by atoms with Gasteiger partial charge in [-0.05, 0) is 0 Å². The van der Waals surface area contributed by atoms with Gasteiger partial charge in [0.05, 0.1) is 6.42 Å².